The largest absolute Gasteiger partial charge is 0.311 e. The SMILES string of the molecule is Cc1cccc(N(C)C(=O)c2sccc2S(=O)(=O)N2CCc3ccccc3C2)c1. The molecule has 0 spiro atoms. The summed E-state index contributed by atoms with van der Waals surface area (Å²) >= 11 is 1.16. The first-order valence-electron chi connectivity index (χ1n) is 9.37. The van der Waals surface area contributed by atoms with Crippen LogP contribution >= 0.6 is 11.3 Å². The zero-order valence-electron chi connectivity index (χ0n) is 16.3. The van der Waals surface area contributed by atoms with Crippen LogP contribution in [0.15, 0.2) is 64.9 Å². The molecule has 29 heavy (non-hydrogen) atoms. The molecule has 2 aromatic carbocycles. The van der Waals surface area contributed by atoms with Crippen molar-refractivity contribution in [2.45, 2.75) is 24.8 Å². The van der Waals surface area contributed by atoms with Gasteiger partial charge in [0.05, 0.1) is 0 Å². The summed E-state index contributed by atoms with van der Waals surface area (Å²) in [6, 6.07) is 17.0. The summed E-state index contributed by atoms with van der Waals surface area (Å²) in [4.78, 5) is 15.0. The summed E-state index contributed by atoms with van der Waals surface area (Å²) in [6.07, 6.45) is 0.673. The first kappa shape index (κ1) is 19.8. The number of carbonyl (C=O) groups excluding carboxylic acids is 1. The molecule has 3 aromatic rings. The van der Waals surface area contributed by atoms with E-state index in [2.05, 4.69) is 0 Å². The molecule has 0 fully saturated rings. The van der Waals surface area contributed by atoms with Crippen molar-refractivity contribution >= 4 is 33.0 Å². The molecule has 7 heteroatoms. The molecule has 2 heterocycles. The van der Waals surface area contributed by atoms with Crippen LogP contribution in [0.25, 0.3) is 0 Å². The molecule has 0 bridgehead atoms. The van der Waals surface area contributed by atoms with Gasteiger partial charge in [-0.3, -0.25) is 4.79 Å². The third-order valence-electron chi connectivity index (χ3n) is 5.23. The van der Waals surface area contributed by atoms with Crippen molar-refractivity contribution in [3.8, 4) is 0 Å². The van der Waals surface area contributed by atoms with Crippen molar-refractivity contribution in [1.29, 1.82) is 0 Å². The summed E-state index contributed by atoms with van der Waals surface area (Å²) in [5, 5.41) is 1.67. The van der Waals surface area contributed by atoms with Crippen LogP contribution in [0.4, 0.5) is 5.69 Å². The topological polar surface area (TPSA) is 57.7 Å². The third-order valence-corrected chi connectivity index (χ3v) is 8.15. The number of amides is 1. The standard InChI is InChI=1S/C22H22N2O3S2/c1-16-6-5-9-19(14-16)23(2)22(25)21-20(11-13-28-21)29(26,27)24-12-10-17-7-3-4-8-18(17)15-24/h3-9,11,13-14H,10,12,15H2,1-2H3. The average molecular weight is 427 g/mol. The van der Waals surface area contributed by atoms with Crippen LogP contribution in [0.3, 0.4) is 0 Å². The molecule has 1 aromatic heterocycles. The van der Waals surface area contributed by atoms with E-state index < -0.39 is 10.0 Å². The minimum absolute atomic E-state index is 0.0892. The number of anilines is 1. The van der Waals surface area contributed by atoms with Gasteiger partial charge < -0.3 is 4.90 Å². The monoisotopic (exact) mass is 426 g/mol. The number of fused-ring (bicyclic) bond motifs is 1. The number of carbonyl (C=O) groups is 1. The minimum atomic E-state index is -3.76. The highest BCUT2D eigenvalue weighted by Crippen LogP contribution is 2.31. The molecule has 1 amide bonds. The first-order chi connectivity index (χ1) is 13.9. The maximum atomic E-state index is 13.4. The van der Waals surface area contributed by atoms with Crippen LogP contribution in [0.2, 0.25) is 0 Å². The van der Waals surface area contributed by atoms with E-state index >= 15 is 0 Å². The van der Waals surface area contributed by atoms with Gasteiger partial charge in [0.15, 0.2) is 0 Å². The lowest BCUT2D eigenvalue weighted by Gasteiger charge is -2.28. The minimum Gasteiger partial charge on any atom is -0.311 e. The number of hydrogen-bond donors (Lipinski definition) is 0. The van der Waals surface area contributed by atoms with E-state index in [1.54, 1.807) is 12.4 Å². The van der Waals surface area contributed by atoms with Gasteiger partial charge >= 0.3 is 0 Å². The van der Waals surface area contributed by atoms with E-state index in [4.69, 9.17) is 0 Å². The van der Waals surface area contributed by atoms with Crippen LogP contribution in [0, 0.1) is 6.92 Å². The van der Waals surface area contributed by atoms with Gasteiger partial charge in [-0.1, -0.05) is 36.4 Å². The Bertz CT molecular complexity index is 1170. The number of sulfonamides is 1. The zero-order valence-corrected chi connectivity index (χ0v) is 18.0. The maximum Gasteiger partial charge on any atom is 0.269 e. The van der Waals surface area contributed by atoms with E-state index in [-0.39, 0.29) is 15.7 Å². The average Bonchev–Trinajstić information content (AvgIpc) is 3.23. The molecule has 0 saturated heterocycles. The Morgan fingerprint density at radius 2 is 1.83 bits per heavy atom. The quantitative estimate of drug-likeness (QED) is 0.632. The molecule has 0 unspecified atom stereocenters. The van der Waals surface area contributed by atoms with Crippen molar-refractivity contribution in [1.82, 2.24) is 4.31 Å². The molecule has 5 nitrogen and oxygen atoms in total. The molecule has 1 aliphatic rings. The molecule has 0 saturated carbocycles. The molecular weight excluding hydrogens is 404 g/mol. The van der Waals surface area contributed by atoms with Gasteiger partial charge in [-0.05, 0) is 53.6 Å². The third kappa shape index (κ3) is 3.73. The predicted octanol–water partition coefficient (Wildman–Crippen LogP) is 4.08. The van der Waals surface area contributed by atoms with Gasteiger partial charge in [0, 0.05) is 25.8 Å². The van der Waals surface area contributed by atoms with Crippen LogP contribution in [0.1, 0.15) is 26.4 Å². The molecule has 150 valence electrons. The number of thiophene rings is 1. The highest BCUT2D eigenvalue weighted by Gasteiger charge is 2.33. The lowest BCUT2D eigenvalue weighted by atomic mass is 10.0. The van der Waals surface area contributed by atoms with Crippen molar-refractivity contribution in [2.24, 2.45) is 0 Å². The summed E-state index contributed by atoms with van der Waals surface area (Å²) in [5.41, 5.74) is 3.97. The second-order valence-electron chi connectivity index (χ2n) is 7.17. The van der Waals surface area contributed by atoms with Crippen molar-refractivity contribution in [3.05, 3.63) is 81.5 Å². The summed E-state index contributed by atoms with van der Waals surface area (Å²) < 4.78 is 28.2. The molecule has 0 radical (unpaired) electrons. The normalized spacial score (nSPS) is 14.4. The van der Waals surface area contributed by atoms with Crippen molar-refractivity contribution in [2.75, 3.05) is 18.5 Å². The second-order valence-corrected chi connectivity index (χ2v) is 10.00. The summed E-state index contributed by atoms with van der Waals surface area (Å²) in [6.45, 7) is 2.70. The van der Waals surface area contributed by atoms with E-state index in [1.165, 1.54) is 20.8 Å². The van der Waals surface area contributed by atoms with Gasteiger partial charge in [-0.15, -0.1) is 11.3 Å². The van der Waals surface area contributed by atoms with Gasteiger partial charge in [0.25, 0.3) is 5.91 Å². The lowest BCUT2D eigenvalue weighted by molar-refractivity contribution is 0.0994. The Hall–Kier alpha value is -2.48. The van der Waals surface area contributed by atoms with Crippen LogP contribution in [-0.2, 0) is 23.0 Å². The summed E-state index contributed by atoms with van der Waals surface area (Å²) in [5.74, 6) is -0.318. The Kier molecular flexibility index (Phi) is 5.29. The van der Waals surface area contributed by atoms with Gasteiger partial charge in [-0.25, -0.2) is 8.42 Å². The first-order valence-corrected chi connectivity index (χ1v) is 11.7. The number of rotatable bonds is 4. The summed E-state index contributed by atoms with van der Waals surface area (Å²) in [7, 11) is -2.09. The zero-order chi connectivity index (χ0) is 20.6. The van der Waals surface area contributed by atoms with Gasteiger partial charge in [0.2, 0.25) is 10.0 Å². The smallest absolute Gasteiger partial charge is 0.269 e. The van der Waals surface area contributed by atoms with E-state index in [0.717, 1.165) is 28.2 Å². The highest BCUT2D eigenvalue weighted by molar-refractivity contribution is 7.89. The van der Waals surface area contributed by atoms with E-state index in [1.807, 2.05) is 55.5 Å². The predicted molar refractivity (Wildman–Crippen MR) is 116 cm³/mol. The fourth-order valence-electron chi connectivity index (χ4n) is 3.58. The van der Waals surface area contributed by atoms with Crippen molar-refractivity contribution in [3.63, 3.8) is 0 Å². The van der Waals surface area contributed by atoms with Crippen LogP contribution < -0.4 is 4.90 Å². The molecular formula is C22H22N2O3S2. The number of aryl methyl sites for hydroxylation is 1. The Morgan fingerprint density at radius 3 is 2.59 bits per heavy atom. The van der Waals surface area contributed by atoms with Crippen molar-refractivity contribution < 1.29 is 13.2 Å². The fourth-order valence-corrected chi connectivity index (χ4v) is 6.37. The molecule has 0 aliphatic carbocycles. The molecule has 1 aliphatic heterocycles. The Labute approximate surface area is 175 Å². The van der Waals surface area contributed by atoms with E-state index in [9.17, 15) is 13.2 Å². The molecule has 4 rings (SSSR count). The molecule has 0 N–H and O–H groups in total. The second kappa shape index (κ2) is 7.74. The van der Waals surface area contributed by atoms with Gasteiger partial charge in [0.1, 0.15) is 9.77 Å². The highest BCUT2D eigenvalue weighted by atomic mass is 32.2. The fraction of sp³-hybridized carbons (Fsp3) is 0.227. The van der Waals surface area contributed by atoms with Crippen LogP contribution in [-0.4, -0.2) is 32.2 Å². The number of benzene rings is 2. The maximum absolute atomic E-state index is 13.4. The lowest BCUT2D eigenvalue weighted by Crippen LogP contribution is -2.37. The molecule has 0 atom stereocenters. The Balaban J connectivity index is 1.64. The van der Waals surface area contributed by atoms with E-state index in [0.29, 0.717) is 19.5 Å². The van der Waals surface area contributed by atoms with Crippen LogP contribution in [0.5, 0.6) is 0 Å². The Morgan fingerprint density at radius 1 is 1.07 bits per heavy atom. The van der Waals surface area contributed by atoms with Gasteiger partial charge in [-0.2, -0.15) is 4.31 Å². The number of nitrogens with zero attached hydrogens (tertiary/aromatic N) is 2. The number of hydrogen-bond acceptors (Lipinski definition) is 4.